The summed E-state index contributed by atoms with van der Waals surface area (Å²) in [4.78, 5) is 12.2. The van der Waals surface area contributed by atoms with Crippen LogP contribution in [-0.2, 0) is 22.6 Å². The second kappa shape index (κ2) is 7.44. The van der Waals surface area contributed by atoms with Gasteiger partial charge in [0, 0.05) is 17.6 Å². The first-order chi connectivity index (χ1) is 12.6. The van der Waals surface area contributed by atoms with Crippen molar-refractivity contribution in [3.05, 3.63) is 46.0 Å². The molecule has 1 aliphatic carbocycles. The standard InChI is InChI=1S/C20H17F4NO2/c1-5-6-11-15(21)17(23)12(18(24)16(11)22)9-27-19(26)14-13(20(14,3)4)7-10(2)8-25/h1,7,13-14H,6,9H2,2-4H3/b10-7+. The van der Waals surface area contributed by atoms with Gasteiger partial charge in [0.05, 0.1) is 17.6 Å². The first-order valence-electron chi connectivity index (χ1n) is 8.10. The molecular weight excluding hydrogens is 362 g/mol. The molecule has 0 bridgehead atoms. The molecular formula is C20H17F4NO2. The number of allylic oxidation sites excluding steroid dienone is 2. The number of carbonyl (C=O) groups is 1. The number of rotatable bonds is 5. The normalized spacial score (nSPS) is 20.6. The maximum atomic E-state index is 14.1. The average Bonchev–Trinajstić information content (AvgIpc) is 3.16. The van der Waals surface area contributed by atoms with Crippen LogP contribution in [0.5, 0.6) is 0 Å². The average molecular weight is 379 g/mol. The molecule has 7 heteroatoms. The van der Waals surface area contributed by atoms with E-state index in [1.54, 1.807) is 26.8 Å². The molecule has 1 aromatic rings. The lowest BCUT2D eigenvalue weighted by Gasteiger charge is -2.11. The van der Waals surface area contributed by atoms with Crippen LogP contribution in [0.1, 0.15) is 31.9 Å². The summed E-state index contributed by atoms with van der Waals surface area (Å²) in [5.41, 5.74) is -1.98. The number of carbonyl (C=O) groups excluding carboxylic acids is 1. The first kappa shape index (κ1) is 20.5. The van der Waals surface area contributed by atoms with Crippen molar-refractivity contribution in [1.82, 2.24) is 0 Å². The van der Waals surface area contributed by atoms with E-state index in [-0.39, 0.29) is 5.92 Å². The van der Waals surface area contributed by atoms with E-state index in [9.17, 15) is 22.4 Å². The van der Waals surface area contributed by atoms with E-state index in [2.05, 4.69) is 0 Å². The van der Waals surface area contributed by atoms with E-state index >= 15 is 0 Å². The Morgan fingerprint density at radius 2 is 1.70 bits per heavy atom. The van der Waals surface area contributed by atoms with E-state index in [1.165, 1.54) is 0 Å². The van der Waals surface area contributed by atoms with Gasteiger partial charge in [-0.1, -0.05) is 19.9 Å². The molecule has 27 heavy (non-hydrogen) atoms. The van der Waals surface area contributed by atoms with Crippen LogP contribution >= 0.6 is 0 Å². The van der Waals surface area contributed by atoms with Crippen molar-refractivity contribution in [2.24, 2.45) is 17.3 Å². The number of halogens is 4. The van der Waals surface area contributed by atoms with Crippen LogP contribution in [-0.4, -0.2) is 5.97 Å². The van der Waals surface area contributed by atoms with E-state index in [0.29, 0.717) is 5.57 Å². The maximum Gasteiger partial charge on any atom is 0.310 e. The lowest BCUT2D eigenvalue weighted by Crippen LogP contribution is -2.14. The third kappa shape index (κ3) is 3.68. The zero-order valence-corrected chi connectivity index (χ0v) is 15.0. The molecule has 0 radical (unpaired) electrons. The molecule has 1 fully saturated rings. The number of nitrogens with zero attached hydrogens (tertiary/aromatic N) is 1. The smallest absolute Gasteiger partial charge is 0.310 e. The second-order valence-corrected chi connectivity index (χ2v) is 6.99. The highest BCUT2D eigenvalue weighted by atomic mass is 19.2. The molecule has 3 nitrogen and oxygen atoms in total. The highest BCUT2D eigenvalue weighted by Crippen LogP contribution is 2.59. The highest BCUT2D eigenvalue weighted by Gasteiger charge is 2.61. The third-order valence-electron chi connectivity index (χ3n) is 4.85. The summed E-state index contributed by atoms with van der Waals surface area (Å²) in [7, 11) is 0. The molecule has 2 atom stereocenters. The van der Waals surface area contributed by atoms with Crippen LogP contribution in [0, 0.1) is 64.2 Å². The van der Waals surface area contributed by atoms with E-state index < -0.39 is 64.7 Å². The van der Waals surface area contributed by atoms with Crippen LogP contribution in [0.25, 0.3) is 0 Å². The lowest BCUT2D eigenvalue weighted by atomic mass is 10.1. The van der Waals surface area contributed by atoms with Gasteiger partial charge in [-0.3, -0.25) is 4.79 Å². The van der Waals surface area contributed by atoms with Crippen molar-refractivity contribution in [2.75, 3.05) is 0 Å². The summed E-state index contributed by atoms with van der Waals surface area (Å²) < 4.78 is 60.8. The summed E-state index contributed by atoms with van der Waals surface area (Å²) >= 11 is 0. The van der Waals surface area contributed by atoms with Crippen molar-refractivity contribution in [3.63, 3.8) is 0 Å². The zero-order valence-electron chi connectivity index (χ0n) is 15.0. The predicted molar refractivity (Wildman–Crippen MR) is 88.7 cm³/mol. The van der Waals surface area contributed by atoms with Gasteiger partial charge in [-0.15, -0.1) is 12.3 Å². The lowest BCUT2D eigenvalue weighted by molar-refractivity contribution is -0.147. The highest BCUT2D eigenvalue weighted by molar-refractivity contribution is 5.78. The third-order valence-corrected chi connectivity index (χ3v) is 4.85. The van der Waals surface area contributed by atoms with Crippen molar-refractivity contribution < 1.29 is 27.1 Å². The Labute approximate surface area is 154 Å². The van der Waals surface area contributed by atoms with Crippen LogP contribution in [0.3, 0.4) is 0 Å². The molecule has 0 saturated heterocycles. The second-order valence-electron chi connectivity index (χ2n) is 6.99. The minimum atomic E-state index is -1.64. The molecule has 0 heterocycles. The fraction of sp³-hybridized carbons (Fsp3) is 0.400. The number of hydrogen-bond donors (Lipinski definition) is 0. The number of ether oxygens (including phenoxy) is 1. The Kier molecular flexibility index (Phi) is 5.65. The summed E-state index contributed by atoms with van der Waals surface area (Å²) in [5, 5.41) is 8.83. The predicted octanol–water partition coefficient (Wildman–Crippen LogP) is 4.20. The molecule has 0 amide bonds. The van der Waals surface area contributed by atoms with Gasteiger partial charge in [-0.2, -0.15) is 5.26 Å². The number of nitriles is 1. The summed E-state index contributed by atoms with van der Waals surface area (Å²) in [6.45, 7) is 4.19. The molecule has 1 aromatic carbocycles. The molecule has 1 saturated carbocycles. The Bertz CT molecular complexity index is 877. The van der Waals surface area contributed by atoms with Crippen molar-refractivity contribution in [1.29, 1.82) is 5.26 Å². The van der Waals surface area contributed by atoms with E-state index in [4.69, 9.17) is 16.4 Å². The van der Waals surface area contributed by atoms with Gasteiger partial charge in [-0.25, -0.2) is 17.6 Å². The fourth-order valence-electron chi connectivity index (χ4n) is 3.09. The minimum absolute atomic E-state index is 0.272. The maximum absolute atomic E-state index is 14.1. The number of terminal acetylenes is 1. The van der Waals surface area contributed by atoms with Crippen LogP contribution < -0.4 is 0 Å². The van der Waals surface area contributed by atoms with Gasteiger partial charge in [0.2, 0.25) is 0 Å². The summed E-state index contributed by atoms with van der Waals surface area (Å²) in [5.74, 6) is -6.22. The van der Waals surface area contributed by atoms with Crippen LogP contribution in [0.2, 0.25) is 0 Å². The molecule has 0 N–H and O–H groups in total. The quantitative estimate of drug-likeness (QED) is 0.253. The van der Waals surface area contributed by atoms with Gasteiger partial charge in [0.25, 0.3) is 0 Å². The SMILES string of the molecule is C#CCc1c(F)c(F)c(COC(=O)C2C(/C=C(\C)C#N)C2(C)C)c(F)c1F. The molecule has 2 unspecified atom stereocenters. The number of hydrogen-bond acceptors (Lipinski definition) is 3. The van der Waals surface area contributed by atoms with E-state index in [1.807, 2.05) is 12.0 Å². The molecule has 0 spiro atoms. The van der Waals surface area contributed by atoms with Gasteiger partial charge in [0.15, 0.2) is 23.3 Å². The number of benzene rings is 1. The Morgan fingerprint density at radius 3 is 2.19 bits per heavy atom. The molecule has 0 aliphatic heterocycles. The minimum Gasteiger partial charge on any atom is -0.460 e. The molecule has 0 aromatic heterocycles. The zero-order chi connectivity index (χ0) is 20.5. The van der Waals surface area contributed by atoms with Crippen LogP contribution in [0.4, 0.5) is 17.6 Å². The van der Waals surface area contributed by atoms with Gasteiger partial charge in [-0.05, 0) is 18.3 Å². The van der Waals surface area contributed by atoms with Gasteiger partial charge < -0.3 is 4.74 Å². The summed E-state index contributed by atoms with van der Waals surface area (Å²) in [6.07, 6.45) is 5.94. The topological polar surface area (TPSA) is 50.1 Å². The molecule has 1 aliphatic rings. The molecule has 2 rings (SSSR count). The Hall–Kier alpha value is -2.80. The van der Waals surface area contributed by atoms with E-state index in [0.717, 1.165) is 0 Å². The van der Waals surface area contributed by atoms with Crippen molar-refractivity contribution in [3.8, 4) is 18.4 Å². The van der Waals surface area contributed by atoms with Gasteiger partial charge >= 0.3 is 5.97 Å². The Morgan fingerprint density at radius 1 is 1.19 bits per heavy atom. The van der Waals surface area contributed by atoms with Crippen molar-refractivity contribution in [2.45, 2.75) is 33.8 Å². The van der Waals surface area contributed by atoms with Crippen LogP contribution in [0.15, 0.2) is 11.6 Å². The Balaban J connectivity index is 2.20. The largest absolute Gasteiger partial charge is 0.460 e. The molecule has 142 valence electrons. The monoisotopic (exact) mass is 379 g/mol. The van der Waals surface area contributed by atoms with Gasteiger partial charge in [0.1, 0.15) is 6.61 Å². The first-order valence-corrected chi connectivity index (χ1v) is 8.10. The summed E-state index contributed by atoms with van der Waals surface area (Å²) in [6, 6.07) is 1.95. The van der Waals surface area contributed by atoms with Crippen molar-refractivity contribution >= 4 is 5.97 Å². The fourth-order valence-corrected chi connectivity index (χ4v) is 3.09. The number of esters is 1.